The van der Waals surface area contributed by atoms with Crippen molar-refractivity contribution in [2.24, 2.45) is 0 Å². The minimum absolute atomic E-state index is 0.240. The first kappa shape index (κ1) is 14.0. The van der Waals surface area contributed by atoms with Gasteiger partial charge in [-0.05, 0) is 17.7 Å². The molecule has 106 valence electrons. The van der Waals surface area contributed by atoms with Crippen LogP contribution in [-0.4, -0.2) is 16.3 Å². The number of benzene rings is 2. The van der Waals surface area contributed by atoms with E-state index in [4.69, 9.17) is 11.6 Å². The van der Waals surface area contributed by atoms with E-state index >= 15 is 0 Å². The van der Waals surface area contributed by atoms with Crippen molar-refractivity contribution in [1.82, 2.24) is 4.98 Å². The number of carbonyl (C=O) groups excluding carboxylic acids is 1. The van der Waals surface area contributed by atoms with Crippen LogP contribution in [0.1, 0.15) is 6.92 Å². The first-order valence-electron chi connectivity index (χ1n) is 6.54. The molecule has 0 saturated carbocycles. The summed E-state index contributed by atoms with van der Waals surface area (Å²) in [5.74, 6) is -0.240. The van der Waals surface area contributed by atoms with Gasteiger partial charge in [0.15, 0.2) is 5.13 Å². The Morgan fingerprint density at radius 3 is 2.81 bits per heavy atom. The number of thiazole rings is 1. The highest BCUT2D eigenvalue weighted by Crippen LogP contribution is 2.30. The fourth-order valence-corrected chi connectivity index (χ4v) is 2.88. The van der Waals surface area contributed by atoms with E-state index < -0.39 is 5.38 Å². The Kier molecular flexibility index (Phi) is 3.90. The molecule has 0 aliphatic heterocycles. The Hall–Kier alpha value is -1.91. The summed E-state index contributed by atoms with van der Waals surface area (Å²) in [4.78, 5) is 16.1. The molecule has 0 fully saturated rings. The maximum absolute atomic E-state index is 11.6. The van der Waals surface area contributed by atoms with Crippen molar-refractivity contribution in [2.75, 3.05) is 5.32 Å². The van der Waals surface area contributed by atoms with Crippen LogP contribution in [0, 0.1) is 0 Å². The maximum atomic E-state index is 11.6. The van der Waals surface area contributed by atoms with E-state index in [2.05, 4.69) is 28.5 Å². The minimum atomic E-state index is -0.574. The third-order valence-electron chi connectivity index (χ3n) is 3.16. The van der Waals surface area contributed by atoms with Gasteiger partial charge in [0.1, 0.15) is 5.38 Å². The van der Waals surface area contributed by atoms with Crippen LogP contribution in [0.15, 0.2) is 47.8 Å². The fourth-order valence-electron chi connectivity index (χ4n) is 2.11. The highest BCUT2D eigenvalue weighted by atomic mass is 35.5. The van der Waals surface area contributed by atoms with Crippen LogP contribution < -0.4 is 5.32 Å². The minimum Gasteiger partial charge on any atom is -0.301 e. The number of nitrogens with one attached hydrogen (secondary N) is 1. The van der Waals surface area contributed by atoms with Gasteiger partial charge in [-0.25, -0.2) is 4.98 Å². The zero-order chi connectivity index (χ0) is 14.8. The summed E-state index contributed by atoms with van der Waals surface area (Å²) in [5, 5.41) is 6.96. The predicted octanol–water partition coefficient (Wildman–Crippen LogP) is 4.53. The third-order valence-corrected chi connectivity index (χ3v) is 4.12. The first-order chi connectivity index (χ1) is 10.1. The monoisotopic (exact) mass is 316 g/mol. The average Bonchev–Trinajstić information content (AvgIpc) is 2.95. The smallest absolute Gasteiger partial charge is 0.243 e. The molecule has 1 aromatic heterocycles. The maximum Gasteiger partial charge on any atom is 0.243 e. The Morgan fingerprint density at radius 2 is 2.00 bits per heavy atom. The van der Waals surface area contributed by atoms with E-state index in [-0.39, 0.29) is 5.91 Å². The number of rotatable bonds is 3. The lowest BCUT2D eigenvalue weighted by molar-refractivity contribution is -0.115. The first-order valence-corrected chi connectivity index (χ1v) is 7.85. The number of hydrogen-bond donors (Lipinski definition) is 1. The highest BCUT2D eigenvalue weighted by molar-refractivity contribution is 7.14. The number of nitrogens with zero attached hydrogens (tertiary/aromatic N) is 1. The number of fused-ring (bicyclic) bond motifs is 1. The van der Waals surface area contributed by atoms with E-state index in [1.807, 2.05) is 29.6 Å². The Morgan fingerprint density at radius 1 is 1.24 bits per heavy atom. The van der Waals surface area contributed by atoms with Crippen molar-refractivity contribution >= 4 is 44.7 Å². The van der Waals surface area contributed by atoms with Crippen molar-refractivity contribution in [1.29, 1.82) is 0 Å². The average molecular weight is 317 g/mol. The second-order valence-electron chi connectivity index (χ2n) is 4.67. The standard InChI is InChI=1S/C16H13ClN2OS/c1-10(17)15(20)19-16-18-14(9-21-16)13-8-4-6-11-5-2-3-7-12(11)13/h2-10H,1H3,(H,18,19,20). The number of carbonyl (C=O) groups is 1. The molecule has 0 radical (unpaired) electrons. The SMILES string of the molecule is CC(Cl)C(=O)Nc1nc(-c2cccc3ccccc23)cs1. The van der Waals surface area contributed by atoms with Crippen molar-refractivity contribution in [2.45, 2.75) is 12.3 Å². The van der Waals surface area contributed by atoms with Crippen molar-refractivity contribution in [3.05, 3.63) is 47.8 Å². The Balaban J connectivity index is 1.97. The molecular weight excluding hydrogens is 304 g/mol. The van der Waals surface area contributed by atoms with Crippen LogP contribution in [0.5, 0.6) is 0 Å². The van der Waals surface area contributed by atoms with Gasteiger partial charge in [-0.2, -0.15) is 0 Å². The molecule has 0 aliphatic carbocycles. The molecular formula is C16H13ClN2OS. The lowest BCUT2D eigenvalue weighted by Gasteiger charge is -2.04. The van der Waals surface area contributed by atoms with E-state index in [1.165, 1.54) is 16.7 Å². The van der Waals surface area contributed by atoms with Gasteiger partial charge >= 0.3 is 0 Å². The van der Waals surface area contributed by atoms with Crippen molar-refractivity contribution < 1.29 is 4.79 Å². The van der Waals surface area contributed by atoms with Crippen molar-refractivity contribution in [3.63, 3.8) is 0 Å². The molecule has 21 heavy (non-hydrogen) atoms. The number of amides is 1. The highest BCUT2D eigenvalue weighted by Gasteiger charge is 2.13. The van der Waals surface area contributed by atoms with Crippen molar-refractivity contribution in [3.8, 4) is 11.3 Å². The Labute approximate surface area is 131 Å². The number of halogens is 1. The molecule has 0 saturated heterocycles. The summed E-state index contributed by atoms with van der Waals surface area (Å²) in [5.41, 5.74) is 1.91. The largest absolute Gasteiger partial charge is 0.301 e. The van der Waals surface area contributed by atoms with Gasteiger partial charge in [-0.15, -0.1) is 22.9 Å². The summed E-state index contributed by atoms with van der Waals surface area (Å²) in [7, 11) is 0. The molecule has 3 nitrogen and oxygen atoms in total. The lowest BCUT2D eigenvalue weighted by atomic mass is 10.0. The molecule has 1 unspecified atom stereocenters. The van der Waals surface area contributed by atoms with Crippen LogP contribution in [0.4, 0.5) is 5.13 Å². The zero-order valence-corrected chi connectivity index (χ0v) is 12.9. The second-order valence-corrected chi connectivity index (χ2v) is 6.18. The topological polar surface area (TPSA) is 42.0 Å². The number of anilines is 1. The fraction of sp³-hybridized carbons (Fsp3) is 0.125. The van der Waals surface area contributed by atoms with Gasteiger partial charge in [-0.1, -0.05) is 42.5 Å². The molecule has 1 heterocycles. The molecule has 3 aromatic rings. The predicted molar refractivity (Wildman–Crippen MR) is 89.0 cm³/mol. The van der Waals surface area contributed by atoms with Crippen LogP contribution in [0.25, 0.3) is 22.0 Å². The third kappa shape index (κ3) is 2.91. The van der Waals surface area contributed by atoms with E-state index in [0.717, 1.165) is 16.6 Å². The van der Waals surface area contributed by atoms with E-state index in [1.54, 1.807) is 6.92 Å². The van der Waals surface area contributed by atoms with Crippen LogP contribution in [0.2, 0.25) is 0 Å². The number of alkyl halides is 1. The summed E-state index contributed by atoms with van der Waals surface area (Å²) in [6, 6.07) is 14.3. The zero-order valence-electron chi connectivity index (χ0n) is 11.3. The van der Waals surface area contributed by atoms with Gasteiger partial charge in [-0.3, -0.25) is 4.79 Å². The van der Waals surface area contributed by atoms with E-state index in [0.29, 0.717) is 5.13 Å². The molecule has 5 heteroatoms. The van der Waals surface area contributed by atoms with Crippen LogP contribution in [0.3, 0.4) is 0 Å². The van der Waals surface area contributed by atoms with Gasteiger partial charge in [0.2, 0.25) is 5.91 Å². The quantitative estimate of drug-likeness (QED) is 0.721. The molecule has 2 aromatic carbocycles. The number of aromatic nitrogens is 1. The van der Waals surface area contributed by atoms with Gasteiger partial charge in [0.25, 0.3) is 0 Å². The number of hydrogen-bond acceptors (Lipinski definition) is 3. The van der Waals surface area contributed by atoms with E-state index in [9.17, 15) is 4.79 Å². The molecule has 0 aliphatic rings. The molecule has 0 spiro atoms. The lowest BCUT2D eigenvalue weighted by Crippen LogP contribution is -2.20. The normalized spacial score (nSPS) is 12.3. The molecule has 1 atom stereocenters. The van der Waals surface area contributed by atoms with Gasteiger partial charge in [0, 0.05) is 10.9 Å². The van der Waals surface area contributed by atoms with Crippen LogP contribution >= 0.6 is 22.9 Å². The summed E-state index contributed by atoms with van der Waals surface area (Å²) in [6.45, 7) is 1.64. The summed E-state index contributed by atoms with van der Waals surface area (Å²) in [6.07, 6.45) is 0. The summed E-state index contributed by atoms with van der Waals surface area (Å²) < 4.78 is 0. The van der Waals surface area contributed by atoms with Gasteiger partial charge in [0.05, 0.1) is 5.69 Å². The van der Waals surface area contributed by atoms with Crippen LogP contribution in [-0.2, 0) is 4.79 Å². The molecule has 1 N–H and O–H groups in total. The summed E-state index contributed by atoms with van der Waals surface area (Å²) >= 11 is 7.14. The molecule has 0 bridgehead atoms. The molecule has 1 amide bonds. The van der Waals surface area contributed by atoms with Gasteiger partial charge < -0.3 is 5.32 Å². The Bertz CT molecular complexity index is 792. The second kappa shape index (κ2) is 5.84. The molecule has 3 rings (SSSR count).